The SMILES string of the molecule is COc1cc2c(cc1OC)[C@H]1[C@H](CCl)CN1CC2. The van der Waals surface area contributed by atoms with Crippen LogP contribution in [0.25, 0.3) is 0 Å². The number of hydrogen-bond donors (Lipinski definition) is 0. The van der Waals surface area contributed by atoms with Gasteiger partial charge in [-0.2, -0.15) is 0 Å². The zero-order valence-electron chi connectivity index (χ0n) is 10.8. The summed E-state index contributed by atoms with van der Waals surface area (Å²) in [5.41, 5.74) is 2.75. The summed E-state index contributed by atoms with van der Waals surface area (Å²) in [5.74, 6) is 2.95. The highest BCUT2D eigenvalue weighted by Crippen LogP contribution is 2.46. The van der Waals surface area contributed by atoms with Crippen molar-refractivity contribution in [2.24, 2.45) is 5.92 Å². The van der Waals surface area contributed by atoms with Gasteiger partial charge in [0.15, 0.2) is 11.5 Å². The lowest BCUT2D eigenvalue weighted by Crippen LogP contribution is -2.53. The molecule has 3 rings (SSSR count). The molecule has 1 saturated heterocycles. The Morgan fingerprint density at radius 3 is 2.67 bits per heavy atom. The second-order valence-corrected chi connectivity index (χ2v) is 5.32. The Balaban J connectivity index is 2.02. The Labute approximate surface area is 113 Å². The largest absolute Gasteiger partial charge is 0.493 e. The molecule has 2 atom stereocenters. The van der Waals surface area contributed by atoms with Gasteiger partial charge in [0.05, 0.1) is 14.2 Å². The van der Waals surface area contributed by atoms with Gasteiger partial charge in [0.25, 0.3) is 0 Å². The molecule has 0 amide bonds. The van der Waals surface area contributed by atoms with Gasteiger partial charge < -0.3 is 9.47 Å². The third-order valence-electron chi connectivity index (χ3n) is 4.14. The molecule has 1 fully saturated rings. The summed E-state index contributed by atoms with van der Waals surface area (Å²) < 4.78 is 10.8. The lowest BCUT2D eigenvalue weighted by atomic mass is 9.78. The number of ether oxygens (including phenoxy) is 2. The predicted molar refractivity (Wildman–Crippen MR) is 71.8 cm³/mol. The van der Waals surface area contributed by atoms with E-state index in [0.717, 1.165) is 36.9 Å². The summed E-state index contributed by atoms with van der Waals surface area (Å²) in [6.45, 7) is 2.25. The molecule has 4 heteroatoms. The van der Waals surface area contributed by atoms with Crippen LogP contribution in [0.4, 0.5) is 0 Å². The van der Waals surface area contributed by atoms with E-state index in [1.54, 1.807) is 14.2 Å². The first-order chi connectivity index (χ1) is 8.78. The van der Waals surface area contributed by atoms with Crippen LogP contribution in [0.2, 0.25) is 0 Å². The van der Waals surface area contributed by atoms with E-state index in [2.05, 4.69) is 17.0 Å². The van der Waals surface area contributed by atoms with Crippen LogP contribution in [0.1, 0.15) is 17.2 Å². The maximum atomic E-state index is 6.04. The number of alkyl halides is 1. The number of halogens is 1. The second kappa shape index (κ2) is 4.63. The maximum Gasteiger partial charge on any atom is 0.161 e. The van der Waals surface area contributed by atoms with E-state index >= 15 is 0 Å². The molecule has 0 spiro atoms. The molecule has 2 aliphatic rings. The van der Waals surface area contributed by atoms with Crippen LogP contribution >= 0.6 is 11.6 Å². The van der Waals surface area contributed by atoms with E-state index in [4.69, 9.17) is 21.1 Å². The smallest absolute Gasteiger partial charge is 0.161 e. The Kier molecular flexibility index (Phi) is 3.12. The highest BCUT2D eigenvalue weighted by molar-refractivity contribution is 6.18. The first-order valence-electron chi connectivity index (χ1n) is 6.33. The van der Waals surface area contributed by atoms with Crippen LogP contribution in [0.3, 0.4) is 0 Å². The zero-order valence-corrected chi connectivity index (χ0v) is 11.5. The van der Waals surface area contributed by atoms with Gasteiger partial charge in [0.2, 0.25) is 0 Å². The van der Waals surface area contributed by atoms with Crippen LogP contribution in [0.15, 0.2) is 12.1 Å². The first-order valence-corrected chi connectivity index (χ1v) is 6.86. The minimum atomic E-state index is 0.478. The van der Waals surface area contributed by atoms with Gasteiger partial charge in [-0.3, -0.25) is 4.90 Å². The Morgan fingerprint density at radius 1 is 1.28 bits per heavy atom. The summed E-state index contributed by atoms with van der Waals surface area (Å²) in [7, 11) is 3.37. The third kappa shape index (κ3) is 1.69. The van der Waals surface area contributed by atoms with E-state index in [1.165, 1.54) is 11.1 Å². The molecule has 2 heterocycles. The minimum absolute atomic E-state index is 0.478. The van der Waals surface area contributed by atoms with Crippen molar-refractivity contribution in [1.82, 2.24) is 4.90 Å². The number of fused-ring (bicyclic) bond motifs is 3. The molecule has 2 aliphatic heterocycles. The first kappa shape index (κ1) is 12.1. The van der Waals surface area contributed by atoms with Gasteiger partial charge in [-0.15, -0.1) is 11.6 Å². The third-order valence-corrected chi connectivity index (χ3v) is 4.54. The Bertz CT molecular complexity index is 463. The maximum absolute atomic E-state index is 6.04. The average Bonchev–Trinajstić information content (AvgIpc) is 2.37. The molecule has 98 valence electrons. The Morgan fingerprint density at radius 2 is 2.00 bits per heavy atom. The summed E-state index contributed by atoms with van der Waals surface area (Å²) in [6, 6.07) is 4.73. The summed E-state index contributed by atoms with van der Waals surface area (Å²) in [4.78, 5) is 2.50. The fourth-order valence-electron chi connectivity index (χ4n) is 3.18. The van der Waals surface area contributed by atoms with E-state index in [-0.39, 0.29) is 0 Å². The Hall–Kier alpha value is -0.930. The fraction of sp³-hybridized carbons (Fsp3) is 0.571. The quantitative estimate of drug-likeness (QED) is 0.786. The van der Waals surface area contributed by atoms with E-state index in [1.807, 2.05) is 0 Å². The number of rotatable bonds is 3. The number of benzene rings is 1. The predicted octanol–water partition coefficient (Wildman–Crippen LogP) is 2.47. The van der Waals surface area contributed by atoms with Crippen molar-refractivity contribution in [2.75, 3.05) is 33.2 Å². The monoisotopic (exact) mass is 267 g/mol. The van der Waals surface area contributed by atoms with Crippen LogP contribution in [-0.4, -0.2) is 38.1 Å². The van der Waals surface area contributed by atoms with Crippen LogP contribution in [0.5, 0.6) is 11.5 Å². The second-order valence-electron chi connectivity index (χ2n) is 5.01. The highest BCUT2D eigenvalue weighted by atomic mass is 35.5. The van der Waals surface area contributed by atoms with Crippen LogP contribution in [-0.2, 0) is 6.42 Å². The fourth-order valence-corrected chi connectivity index (χ4v) is 3.45. The molecule has 0 N–H and O–H groups in total. The van der Waals surface area contributed by atoms with Gasteiger partial charge in [-0.25, -0.2) is 0 Å². The molecule has 0 unspecified atom stereocenters. The molecule has 0 radical (unpaired) electrons. The summed E-state index contributed by atoms with van der Waals surface area (Å²) >= 11 is 6.04. The van der Waals surface area contributed by atoms with Gasteiger partial charge >= 0.3 is 0 Å². The van der Waals surface area contributed by atoms with Gasteiger partial charge in [-0.1, -0.05) is 0 Å². The van der Waals surface area contributed by atoms with Crippen molar-refractivity contribution in [3.63, 3.8) is 0 Å². The number of hydrogen-bond acceptors (Lipinski definition) is 3. The molecular weight excluding hydrogens is 250 g/mol. The molecular formula is C14H18ClNO2. The molecule has 1 aromatic carbocycles. The number of methoxy groups -OCH3 is 2. The van der Waals surface area contributed by atoms with E-state index < -0.39 is 0 Å². The minimum Gasteiger partial charge on any atom is -0.493 e. The number of nitrogens with zero attached hydrogens (tertiary/aromatic N) is 1. The lowest BCUT2D eigenvalue weighted by Gasteiger charge is -2.51. The summed E-state index contributed by atoms with van der Waals surface area (Å²) in [5, 5.41) is 0. The van der Waals surface area contributed by atoms with Crippen molar-refractivity contribution >= 4 is 11.6 Å². The van der Waals surface area contributed by atoms with Crippen molar-refractivity contribution in [3.05, 3.63) is 23.3 Å². The topological polar surface area (TPSA) is 21.7 Å². The van der Waals surface area contributed by atoms with Gasteiger partial charge in [0.1, 0.15) is 0 Å². The van der Waals surface area contributed by atoms with Crippen molar-refractivity contribution in [2.45, 2.75) is 12.5 Å². The normalized spacial score (nSPS) is 25.9. The van der Waals surface area contributed by atoms with Crippen molar-refractivity contribution in [3.8, 4) is 11.5 Å². The van der Waals surface area contributed by atoms with E-state index in [0.29, 0.717) is 12.0 Å². The molecule has 0 saturated carbocycles. The van der Waals surface area contributed by atoms with Gasteiger partial charge in [-0.05, 0) is 29.7 Å². The van der Waals surface area contributed by atoms with Gasteiger partial charge in [0, 0.05) is 30.9 Å². The molecule has 3 nitrogen and oxygen atoms in total. The molecule has 0 bridgehead atoms. The van der Waals surface area contributed by atoms with Crippen molar-refractivity contribution in [1.29, 1.82) is 0 Å². The zero-order chi connectivity index (χ0) is 12.7. The molecule has 18 heavy (non-hydrogen) atoms. The highest BCUT2D eigenvalue weighted by Gasteiger charge is 2.42. The standard InChI is InChI=1S/C14H18ClNO2/c1-17-12-5-9-3-4-16-8-10(7-15)14(16)11(9)6-13(12)18-2/h5-6,10,14H,3-4,7-8H2,1-2H3/t10-,14-/m1/s1. The van der Waals surface area contributed by atoms with E-state index in [9.17, 15) is 0 Å². The van der Waals surface area contributed by atoms with Crippen molar-refractivity contribution < 1.29 is 9.47 Å². The van der Waals surface area contributed by atoms with Crippen LogP contribution < -0.4 is 9.47 Å². The molecule has 1 aromatic rings. The molecule has 0 aromatic heterocycles. The molecule has 0 aliphatic carbocycles. The lowest BCUT2D eigenvalue weighted by molar-refractivity contribution is 0.0178. The average molecular weight is 268 g/mol. The summed E-state index contributed by atoms with van der Waals surface area (Å²) in [6.07, 6.45) is 1.08. The van der Waals surface area contributed by atoms with Crippen LogP contribution in [0, 0.1) is 5.92 Å².